The highest BCUT2D eigenvalue weighted by molar-refractivity contribution is 7.90. The number of sulfone groups is 1. The van der Waals surface area contributed by atoms with Gasteiger partial charge in [-0.3, -0.25) is 4.79 Å². The molecule has 0 radical (unpaired) electrons. The molecular weight excluding hydrogens is 304 g/mol. The van der Waals surface area contributed by atoms with Crippen molar-refractivity contribution in [1.82, 2.24) is 0 Å². The number of amides is 1. The Morgan fingerprint density at radius 3 is 2.50 bits per heavy atom. The zero-order valence-electron chi connectivity index (χ0n) is 12.2. The Morgan fingerprint density at radius 2 is 1.91 bits per heavy atom. The molecular formula is C15H16N2O4S. The molecule has 116 valence electrons. The molecule has 2 aromatic rings. The quantitative estimate of drug-likeness (QED) is 0.839. The molecule has 0 saturated heterocycles. The van der Waals surface area contributed by atoms with E-state index in [1.807, 2.05) is 0 Å². The Morgan fingerprint density at radius 1 is 1.18 bits per heavy atom. The normalized spacial score (nSPS) is 11.0. The van der Waals surface area contributed by atoms with Gasteiger partial charge >= 0.3 is 0 Å². The average Bonchev–Trinajstić information content (AvgIpc) is 2.48. The van der Waals surface area contributed by atoms with E-state index in [2.05, 4.69) is 5.32 Å². The highest BCUT2D eigenvalue weighted by Crippen LogP contribution is 2.24. The van der Waals surface area contributed by atoms with Crippen molar-refractivity contribution in [1.29, 1.82) is 0 Å². The predicted octanol–water partition coefficient (Wildman–Crippen LogP) is 1.93. The summed E-state index contributed by atoms with van der Waals surface area (Å²) in [5, 5.41) is 2.64. The Labute approximate surface area is 128 Å². The summed E-state index contributed by atoms with van der Waals surface area (Å²) in [7, 11) is -1.85. The van der Waals surface area contributed by atoms with Crippen molar-refractivity contribution in [2.24, 2.45) is 0 Å². The van der Waals surface area contributed by atoms with Crippen molar-refractivity contribution in [2.45, 2.75) is 4.90 Å². The number of nitrogens with one attached hydrogen (secondary N) is 1. The second-order valence-corrected chi connectivity index (χ2v) is 6.72. The van der Waals surface area contributed by atoms with Crippen LogP contribution < -0.4 is 15.8 Å². The van der Waals surface area contributed by atoms with Crippen molar-refractivity contribution >= 4 is 27.1 Å². The van der Waals surface area contributed by atoms with Crippen molar-refractivity contribution in [3.05, 3.63) is 48.0 Å². The SMILES string of the molecule is COc1ccc(NC(=O)c2cccc(S(C)(=O)=O)c2)c(N)c1. The minimum absolute atomic E-state index is 0.0860. The van der Waals surface area contributed by atoms with Gasteiger partial charge in [0.2, 0.25) is 0 Å². The zero-order chi connectivity index (χ0) is 16.3. The van der Waals surface area contributed by atoms with Gasteiger partial charge in [-0.1, -0.05) is 6.07 Å². The van der Waals surface area contributed by atoms with Gasteiger partial charge < -0.3 is 15.8 Å². The van der Waals surface area contributed by atoms with Crippen molar-refractivity contribution in [2.75, 3.05) is 24.4 Å². The fourth-order valence-electron chi connectivity index (χ4n) is 1.84. The third-order valence-electron chi connectivity index (χ3n) is 3.03. The number of rotatable bonds is 4. The van der Waals surface area contributed by atoms with E-state index in [0.717, 1.165) is 6.26 Å². The molecule has 0 atom stereocenters. The number of nitrogens with two attached hydrogens (primary N) is 1. The summed E-state index contributed by atoms with van der Waals surface area (Å²) in [5.41, 5.74) is 6.85. The van der Waals surface area contributed by atoms with E-state index in [1.54, 1.807) is 18.2 Å². The molecule has 0 aliphatic heterocycles. The first-order valence-electron chi connectivity index (χ1n) is 6.36. The van der Waals surface area contributed by atoms with Crippen LogP contribution in [0.5, 0.6) is 5.75 Å². The molecule has 0 aliphatic carbocycles. The first kappa shape index (κ1) is 15.8. The molecule has 3 N–H and O–H groups in total. The van der Waals surface area contributed by atoms with E-state index in [-0.39, 0.29) is 10.5 Å². The summed E-state index contributed by atoms with van der Waals surface area (Å²) in [4.78, 5) is 12.3. The number of anilines is 2. The molecule has 0 unspecified atom stereocenters. The van der Waals surface area contributed by atoms with E-state index in [4.69, 9.17) is 10.5 Å². The summed E-state index contributed by atoms with van der Waals surface area (Å²) in [6.45, 7) is 0. The van der Waals surface area contributed by atoms with Crippen LogP contribution in [0.2, 0.25) is 0 Å². The molecule has 7 heteroatoms. The number of nitrogen functional groups attached to an aromatic ring is 1. The third-order valence-corrected chi connectivity index (χ3v) is 4.14. The fraction of sp³-hybridized carbons (Fsp3) is 0.133. The van der Waals surface area contributed by atoms with E-state index in [0.29, 0.717) is 17.1 Å². The van der Waals surface area contributed by atoms with Crippen LogP contribution in [0.1, 0.15) is 10.4 Å². The smallest absolute Gasteiger partial charge is 0.255 e. The molecule has 0 saturated carbocycles. The maximum atomic E-state index is 12.2. The molecule has 0 heterocycles. The standard InChI is InChI=1S/C15H16N2O4S/c1-21-11-6-7-14(13(16)9-11)17-15(18)10-4-3-5-12(8-10)22(2,19)20/h3-9H,16H2,1-2H3,(H,17,18). The van der Waals surface area contributed by atoms with Crippen LogP contribution in [0.4, 0.5) is 11.4 Å². The van der Waals surface area contributed by atoms with Crippen molar-refractivity contribution in [3.63, 3.8) is 0 Å². The number of benzene rings is 2. The monoisotopic (exact) mass is 320 g/mol. The number of carbonyl (C=O) groups is 1. The highest BCUT2D eigenvalue weighted by Gasteiger charge is 2.13. The van der Waals surface area contributed by atoms with Gasteiger partial charge in [-0.2, -0.15) is 0 Å². The first-order chi connectivity index (χ1) is 10.3. The van der Waals surface area contributed by atoms with Crippen LogP contribution in [0.3, 0.4) is 0 Å². The summed E-state index contributed by atoms with van der Waals surface area (Å²) in [5.74, 6) is 0.136. The second kappa shape index (κ2) is 6.07. The summed E-state index contributed by atoms with van der Waals surface area (Å²) < 4.78 is 28.1. The maximum Gasteiger partial charge on any atom is 0.255 e. The molecule has 6 nitrogen and oxygen atoms in total. The lowest BCUT2D eigenvalue weighted by atomic mass is 10.2. The number of hydrogen-bond donors (Lipinski definition) is 2. The van der Waals surface area contributed by atoms with E-state index >= 15 is 0 Å². The Kier molecular flexibility index (Phi) is 4.37. The minimum Gasteiger partial charge on any atom is -0.497 e. The van der Waals surface area contributed by atoms with Crippen LogP contribution in [0.25, 0.3) is 0 Å². The van der Waals surface area contributed by atoms with Gasteiger partial charge in [0, 0.05) is 17.9 Å². The van der Waals surface area contributed by atoms with E-state index < -0.39 is 15.7 Å². The lowest BCUT2D eigenvalue weighted by molar-refractivity contribution is 0.102. The Hall–Kier alpha value is -2.54. The summed E-state index contributed by atoms with van der Waals surface area (Å²) >= 11 is 0. The van der Waals surface area contributed by atoms with E-state index in [9.17, 15) is 13.2 Å². The largest absolute Gasteiger partial charge is 0.497 e. The first-order valence-corrected chi connectivity index (χ1v) is 8.25. The fourth-order valence-corrected chi connectivity index (χ4v) is 2.51. The van der Waals surface area contributed by atoms with Gasteiger partial charge in [0.1, 0.15) is 5.75 Å². The van der Waals surface area contributed by atoms with Crippen LogP contribution in [-0.4, -0.2) is 27.7 Å². The lowest BCUT2D eigenvalue weighted by Gasteiger charge is -2.10. The van der Waals surface area contributed by atoms with Crippen LogP contribution >= 0.6 is 0 Å². The van der Waals surface area contributed by atoms with Crippen LogP contribution in [-0.2, 0) is 9.84 Å². The van der Waals surface area contributed by atoms with Gasteiger partial charge in [0.05, 0.1) is 23.4 Å². The summed E-state index contributed by atoms with van der Waals surface area (Å²) in [6.07, 6.45) is 1.09. The molecule has 0 fully saturated rings. The molecule has 2 rings (SSSR count). The molecule has 1 amide bonds. The third kappa shape index (κ3) is 3.56. The molecule has 0 bridgehead atoms. The molecule has 0 aliphatic rings. The Balaban J connectivity index is 2.26. The zero-order valence-corrected chi connectivity index (χ0v) is 13.0. The van der Waals surface area contributed by atoms with Crippen molar-refractivity contribution in [3.8, 4) is 5.75 Å². The van der Waals surface area contributed by atoms with Gasteiger partial charge in [0.25, 0.3) is 5.91 Å². The molecule has 2 aromatic carbocycles. The number of ether oxygens (including phenoxy) is 1. The maximum absolute atomic E-state index is 12.2. The average molecular weight is 320 g/mol. The number of methoxy groups -OCH3 is 1. The highest BCUT2D eigenvalue weighted by atomic mass is 32.2. The molecule has 22 heavy (non-hydrogen) atoms. The van der Waals surface area contributed by atoms with Gasteiger partial charge in [0.15, 0.2) is 9.84 Å². The van der Waals surface area contributed by atoms with E-state index in [1.165, 1.54) is 31.4 Å². The molecule has 0 spiro atoms. The Bertz CT molecular complexity index is 816. The number of carbonyl (C=O) groups excluding carboxylic acids is 1. The number of hydrogen-bond acceptors (Lipinski definition) is 5. The van der Waals surface area contributed by atoms with Crippen molar-refractivity contribution < 1.29 is 17.9 Å². The van der Waals surface area contributed by atoms with Gasteiger partial charge in [-0.05, 0) is 30.3 Å². The van der Waals surface area contributed by atoms with Gasteiger partial charge in [-0.25, -0.2) is 8.42 Å². The summed E-state index contributed by atoms with van der Waals surface area (Å²) in [6, 6.07) is 10.7. The predicted molar refractivity (Wildman–Crippen MR) is 84.9 cm³/mol. The topological polar surface area (TPSA) is 98.5 Å². The minimum atomic E-state index is -3.37. The van der Waals surface area contributed by atoms with Crippen LogP contribution in [0, 0.1) is 0 Å². The molecule has 0 aromatic heterocycles. The van der Waals surface area contributed by atoms with Crippen LogP contribution in [0.15, 0.2) is 47.4 Å². The van der Waals surface area contributed by atoms with Gasteiger partial charge in [-0.15, -0.1) is 0 Å². The second-order valence-electron chi connectivity index (χ2n) is 4.71. The lowest BCUT2D eigenvalue weighted by Crippen LogP contribution is -2.14.